The normalized spacial score (nSPS) is 14.3. The van der Waals surface area contributed by atoms with Gasteiger partial charge in [0.15, 0.2) is 12.3 Å². The lowest BCUT2D eigenvalue weighted by Gasteiger charge is -2.15. The van der Waals surface area contributed by atoms with E-state index in [1.807, 2.05) is 0 Å². The molecule has 0 aliphatic carbocycles. The third-order valence-electron chi connectivity index (χ3n) is 1.98. The highest BCUT2D eigenvalue weighted by Gasteiger charge is 2.29. The second-order valence-corrected chi connectivity index (χ2v) is 3.88. The average Bonchev–Trinajstić information content (AvgIpc) is 2.26. The van der Waals surface area contributed by atoms with Crippen molar-refractivity contribution in [3.8, 4) is 0 Å². The van der Waals surface area contributed by atoms with Gasteiger partial charge in [0.25, 0.3) is 0 Å². The van der Waals surface area contributed by atoms with Crippen LogP contribution in [0.1, 0.15) is 11.7 Å². The van der Waals surface area contributed by atoms with Crippen LogP contribution in [-0.4, -0.2) is 24.3 Å². The summed E-state index contributed by atoms with van der Waals surface area (Å²) in [4.78, 5) is 10.9. The monoisotopic (exact) mass is 266 g/mol. The lowest BCUT2D eigenvalue weighted by Crippen LogP contribution is -2.27. The van der Waals surface area contributed by atoms with Crippen molar-refractivity contribution in [1.82, 2.24) is 0 Å². The number of rotatable bonds is 3. The van der Waals surface area contributed by atoms with Crippen molar-refractivity contribution in [2.24, 2.45) is 0 Å². The molecule has 1 N–H and O–H groups in total. The largest absolute Gasteiger partial charge is 0.467 e. The number of methoxy groups -OCH3 is 1. The van der Waals surface area contributed by atoms with Crippen LogP contribution < -0.4 is 0 Å². The van der Waals surface area contributed by atoms with Gasteiger partial charge in [0.1, 0.15) is 0 Å². The number of carbonyl (C=O) groups is 1. The standard InChI is InChI=1S/C10H9Cl2FO3/c1-16-10(15)9(14)8(13)6-3-2-5(11)4-7(6)12/h2-4,8-9,14H,1H3. The van der Waals surface area contributed by atoms with Crippen LogP contribution in [0.25, 0.3) is 0 Å². The Morgan fingerprint density at radius 3 is 2.62 bits per heavy atom. The van der Waals surface area contributed by atoms with E-state index in [0.717, 1.165) is 7.11 Å². The molecule has 0 fully saturated rings. The zero-order valence-electron chi connectivity index (χ0n) is 8.28. The SMILES string of the molecule is COC(=O)C(O)C(F)c1ccc(Cl)cc1Cl. The van der Waals surface area contributed by atoms with Crippen molar-refractivity contribution in [3.05, 3.63) is 33.8 Å². The predicted octanol–water partition coefficient (Wildman–Crippen LogP) is 2.54. The predicted molar refractivity (Wildman–Crippen MR) is 58.3 cm³/mol. The topological polar surface area (TPSA) is 46.5 Å². The molecule has 0 heterocycles. The molecule has 3 nitrogen and oxygen atoms in total. The molecule has 0 saturated carbocycles. The number of hydrogen-bond acceptors (Lipinski definition) is 3. The lowest BCUT2D eigenvalue weighted by atomic mass is 10.1. The molecule has 0 bridgehead atoms. The first kappa shape index (κ1) is 13.2. The van der Waals surface area contributed by atoms with Crippen LogP contribution in [-0.2, 0) is 9.53 Å². The van der Waals surface area contributed by atoms with Crippen molar-refractivity contribution >= 4 is 29.2 Å². The molecule has 0 aliphatic heterocycles. The van der Waals surface area contributed by atoms with Gasteiger partial charge in [-0.2, -0.15) is 0 Å². The minimum Gasteiger partial charge on any atom is -0.467 e. The van der Waals surface area contributed by atoms with E-state index in [1.54, 1.807) is 0 Å². The maximum Gasteiger partial charge on any atom is 0.338 e. The van der Waals surface area contributed by atoms with E-state index in [4.69, 9.17) is 23.2 Å². The molecule has 0 radical (unpaired) electrons. The number of alkyl halides is 1. The fourth-order valence-corrected chi connectivity index (χ4v) is 1.65. The number of ether oxygens (including phenoxy) is 1. The summed E-state index contributed by atoms with van der Waals surface area (Å²) in [5, 5.41) is 9.68. The average molecular weight is 267 g/mol. The van der Waals surface area contributed by atoms with Crippen LogP contribution in [0.15, 0.2) is 18.2 Å². The van der Waals surface area contributed by atoms with Crippen LogP contribution in [0.5, 0.6) is 0 Å². The number of hydrogen-bond donors (Lipinski definition) is 1. The van der Waals surface area contributed by atoms with Gasteiger partial charge in [0.2, 0.25) is 0 Å². The van der Waals surface area contributed by atoms with Crippen LogP contribution in [0.3, 0.4) is 0 Å². The quantitative estimate of drug-likeness (QED) is 0.856. The van der Waals surface area contributed by atoms with Gasteiger partial charge in [-0.25, -0.2) is 9.18 Å². The summed E-state index contributed by atoms with van der Waals surface area (Å²) >= 11 is 11.4. The number of aliphatic hydroxyl groups is 1. The third-order valence-corrected chi connectivity index (χ3v) is 2.54. The van der Waals surface area contributed by atoms with Crippen molar-refractivity contribution in [2.45, 2.75) is 12.3 Å². The molecule has 88 valence electrons. The van der Waals surface area contributed by atoms with Crippen LogP contribution >= 0.6 is 23.2 Å². The van der Waals surface area contributed by atoms with Gasteiger partial charge < -0.3 is 9.84 Å². The number of aliphatic hydroxyl groups excluding tert-OH is 1. The molecule has 2 unspecified atom stereocenters. The lowest BCUT2D eigenvalue weighted by molar-refractivity contribution is -0.154. The van der Waals surface area contributed by atoms with Crippen LogP contribution in [0.2, 0.25) is 10.0 Å². The number of esters is 1. The third kappa shape index (κ3) is 2.84. The second-order valence-electron chi connectivity index (χ2n) is 3.04. The molecule has 1 rings (SSSR count). The summed E-state index contributed by atoms with van der Waals surface area (Å²) in [6.07, 6.45) is -3.85. The highest BCUT2D eigenvalue weighted by Crippen LogP contribution is 2.30. The van der Waals surface area contributed by atoms with E-state index < -0.39 is 18.2 Å². The van der Waals surface area contributed by atoms with Crippen molar-refractivity contribution < 1.29 is 19.0 Å². The summed E-state index contributed by atoms with van der Waals surface area (Å²) in [6.45, 7) is 0. The van der Waals surface area contributed by atoms with E-state index in [0.29, 0.717) is 5.02 Å². The summed E-state index contributed by atoms with van der Waals surface area (Å²) < 4.78 is 17.9. The number of halogens is 3. The van der Waals surface area contributed by atoms with Gasteiger partial charge in [-0.05, 0) is 12.1 Å². The molecule has 0 aromatic heterocycles. The Balaban J connectivity index is 2.96. The van der Waals surface area contributed by atoms with Crippen LogP contribution in [0.4, 0.5) is 4.39 Å². The minimum atomic E-state index is -1.95. The molecule has 0 amide bonds. The fourth-order valence-electron chi connectivity index (χ4n) is 1.14. The Morgan fingerprint density at radius 1 is 1.50 bits per heavy atom. The minimum absolute atomic E-state index is 0.0102. The van der Waals surface area contributed by atoms with Crippen molar-refractivity contribution in [1.29, 1.82) is 0 Å². The van der Waals surface area contributed by atoms with E-state index in [9.17, 15) is 14.3 Å². The highest BCUT2D eigenvalue weighted by molar-refractivity contribution is 6.35. The molecule has 1 aromatic carbocycles. The molecular formula is C10H9Cl2FO3. The van der Waals surface area contributed by atoms with Gasteiger partial charge in [0, 0.05) is 15.6 Å². The Labute approximate surface area is 102 Å². The Kier molecular flexibility index (Phi) is 4.53. The Bertz CT molecular complexity index is 398. The number of carbonyl (C=O) groups excluding carboxylic acids is 1. The molecule has 2 atom stereocenters. The smallest absolute Gasteiger partial charge is 0.338 e. The molecular weight excluding hydrogens is 258 g/mol. The first-order valence-corrected chi connectivity index (χ1v) is 5.08. The van der Waals surface area contributed by atoms with E-state index in [1.165, 1.54) is 18.2 Å². The summed E-state index contributed by atoms with van der Waals surface area (Å²) in [6, 6.07) is 4.05. The maximum atomic E-state index is 13.7. The van der Waals surface area contributed by atoms with Crippen molar-refractivity contribution in [2.75, 3.05) is 7.11 Å². The van der Waals surface area contributed by atoms with Gasteiger partial charge in [0.05, 0.1) is 7.11 Å². The van der Waals surface area contributed by atoms with Crippen molar-refractivity contribution in [3.63, 3.8) is 0 Å². The molecule has 0 spiro atoms. The summed E-state index contributed by atoms with van der Waals surface area (Å²) in [5.74, 6) is -1.06. The van der Waals surface area contributed by atoms with Gasteiger partial charge in [-0.15, -0.1) is 0 Å². The van der Waals surface area contributed by atoms with E-state index in [-0.39, 0.29) is 10.6 Å². The zero-order valence-corrected chi connectivity index (χ0v) is 9.80. The van der Waals surface area contributed by atoms with E-state index >= 15 is 0 Å². The molecule has 6 heteroatoms. The molecule has 0 aliphatic rings. The fraction of sp³-hybridized carbons (Fsp3) is 0.300. The van der Waals surface area contributed by atoms with Gasteiger partial charge in [-0.3, -0.25) is 0 Å². The number of benzene rings is 1. The molecule has 0 saturated heterocycles. The summed E-state index contributed by atoms with van der Waals surface area (Å²) in [7, 11) is 1.06. The van der Waals surface area contributed by atoms with Gasteiger partial charge in [-0.1, -0.05) is 29.3 Å². The molecule has 16 heavy (non-hydrogen) atoms. The highest BCUT2D eigenvalue weighted by atomic mass is 35.5. The van der Waals surface area contributed by atoms with Gasteiger partial charge >= 0.3 is 5.97 Å². The van der Waals surface area contributed by atoms with Crippen LogP contribution in [0, 0.1) is 0 Å². The summed E-state index contributed by atoms with van der Waals surface area (Å²) in [5.41, 5.74) is -0.0102. The first-order valence-electron chi connectivity index (χ1n) is 4.32. The Morgan fingerprint density at radius 2 is 2.12 bits per heavy atom. The maximum absolute atomic E-state index is 13.7. The molecule has 1 aromatic rings. The zero-order chi connectivity index (χ0) is 12.3. The Hall–Kier alpha value is -0.840. The second kappa shape index (κ2) is 5.48. The first-order chi connectivity index (χ1) is 7.47. The van der Waals surface area contributed by atoms with E-state index in [2.05, 4.69) is 4.74 Å².